The standard InChI is InChI=1S/C18H18N2O6S/c21-18-20(13-4-2-1-3-5-13)12-14(26-18)11-19-27(22,23)15-6-7-16-17(10-15)25-9-8-24-16/h1-7,10,14,19H,8-9,11-12H2/t14-/m0/s1. The topological polar surface area (TPSA) is 94.2 Å². The molecule has 2 aromatic carbocycles. The molecule has 1 atom stereocenters. The molecule has 1 N–H and O–H groups in total. The summed E-state index contributed by atoms with van der Waals surface area (Å²) in [5.74, 6) is 0.912. The maximum Gasteiger partial charge on any atom is 0.414 e. The van der Waals surface area contributed by atoms with Gasteiger partial charge in [-0.3, -0.25) is 4.90 Å². The summed E-state index contributed by atoms with van der Waals surface area (Å²) in [7, 11) is -3.78. The monoisotopic (exact) mass is 390 g/mol. The van der Waals surface area contributed by atoms with Crippen molar-refractivity contribution in [3.8, 4) is 11.5 Å². The van der Waals surface area contributed by atoms with E-state index in [1.165, 1.54) is 17.0 Å². The summed E-state index contributed by atoms with van der Waals surface area (Å²) in [6.07, 6.45) is -1.07. The van der Waals surface area contributed by atoms with Gasteiger partial charge in [0, 0.05) is 18.3 Å². The quantitative estimate of drug-likeness (QED) is 0.836. The third kappa shape index (κ3) is 3.69. The van der Waals surface area contributed by atoms with Crippen LogP contribution in [0.1, 0.15) is 0 Å². The van der Waals surface area contributed by atoms with Crippen LogP contribution in [0, 0.1) is 0 Å². The summed E-state index contributed by atoms with van der Waals surface area (Å²) in [5.41, 5.74) is 0.708. The lowest BCUT2D eigenvalue weighted by molar-refractivity contribution is 0.143. The van der Waals surface area contributed by atoms with Crippen molar-refractivity contribution in [2.75, 3.05) is 31.2 Å². The van der Waals surface area contributed by atoms with E-state index >= 15 is 0 Å². The zero-order chi connectivity index (χ0) is 18.9. The number of hydrogen-bond donors (Lipinski definition) is 1. The number of hydrogen-bond acceptors (Lipinski definition) is 6. The molecule has 142 valence electrons. The minimum atomic E-state index is -3.78. The lowest BCUT2D eigenvalue weighted by Crippen LogP contribution is -2.34. The molecule has 2 heterocycles. The summed E-state index contributed by atoms with van der Waals surface area (Å²) < 4.78 is 43.7. The van der Waals surface area contributed by atoms with Crippen molar-refractivity contribution in [2.24, 2.45) is 0 Å². The van der Waals surface area contributed by atoms with Gasteiger partial charge in [-0.1, -0.05) is 18.2 Å². The predicted octanol–water partition coefficient (Wildman–Crippen LogP) is 1.76. The molecule has 2 aliphatic heterocycles. The first-order valence-corrected chi connectivity index (χ1v) is 9.94. The molecule has 8 nitrogen and oxygen atoms in total. The number of carbonyl (C=O) groups excluding carboxylic acids is 1. The van der Waals surface area contributed by atoms with Gasteiger partial charge in [0.05, 0.1) is 11.4 Å². The van der Waals surface area contributed by atoms with Crippen LogP contribution in [0.15, 0.2) is 53.4 Å². The smallest absolute Gasteiger partial charge is 0.414 e. The lowest BCUT2D eigenvalue weighted by Gasteiger charge is -2.19. The summed E-state index contributed by atoms with van der Waals surface area (Å²) in [6.45, 7) is 1.05. The highest BCUT2D eigenvalue weighted by Gasteiger charge is 2.33. The fourth-order valence-electron chi connectivity index (χ4n) is 2.92. The van der Waals surface area contributed by atoms with E-state index in [4.69, 9.17) is 14.2 Å². The molecular formula is C18H18N2O6S. The van der Waals surface area contributed by atoms with Crippen LogP contribution in [0.3, 0.4) is 0 Å². The molecule has 2 aromatic rings. The number of nitrogens with zero attached hydrogens (tertiary/aromatic N) is 1. The Kier molecular flexibility index (Phi) is 4.63. The van der Waals surface area contributed by atoms with Gasteiger partial charge >= 0.3 is 6.09 Å². The highest BCUT2D eigenvalue weighted by atomic mass is 32.2. The van der Waals surface area contributed by atoms with Crippen LogP contribution in [0.2, 0.25) is 0 Å². The first kappa shape index (κ1) is 17.6. The Bertz CT molecular complexity index is 948. The highest BCUT2D eigenvalue weighted by molar-refractivity contribution is 7.89. The third-order valence-electron chi connectivity index (χ3n) is 4.27. The predicted molar refractivity (Wildman–Crippen MR) is 96.7 cm³/mol. The van der Waals surface area contributed by atoms with Gasteiger partial charge in [0.2, 0.25) is 10.0 Å². The number of carbonyl (C=O) groups is 1. The molecule has 1 saturated heterocycles. The van der Waals surface area contributed by atoms with Crippen molar-refractivity contribution < 1.29 is 27.4 Å². The van der Waals surface area contributed by atoms with E-state index in [2.05, 4.69) is 4.72 Å². The fourth-order valence-corrected chi connectivity index (χ4v) is 4.00. The lowest BCUT2D eigenvalue weighted by atomic mass is 10.3. The number of para-hydroxylation sites is 1. The third-order valence-corrected chi connectivity index (χ3v) is 5.69. The van der Waals surface area contributed by atoms with E-state index in [-0.39, 0.29) is 18.0 Å². The fraction of sp³-hybridized carbons (Fsp3) is 0.278. The van der Waals surface area contributed by atoms with Gasteiger partial charge in [-0.15, -0.1) is 0 Å². The van der Waals surface area contributed by atoms with E-state index in [9.17, 15) is 13.2 Å². The molecular weight excluding hydrogens is 372 g/mol. The van der Waals surface area contributed by atoms with Gasteiger partial charge in [0.25, 0.3) is 0 Å². The average Bonchev–Trinajstić information content (AvgIpc) is 3.07. The molecule has 9 heteroatoms. The molecule has 2 aliphatic rings. The Morgan fingerprint density at radius 1 is 1.04 bits per heavy atom. The van der Waals surface area contributed by atoms with Crippen molar-refractivity contribution in [1.82, 2.24) is 4.72 Å². The van der Waals surface area contributed by atoms with Gasteiger partial charge in [0.1, 0.15) is 19.3 Å². The zero-order valence-corrected chi connectivity index (χ0v) is 15.1. The van der Waals surface area contributed by atoms with Crippen LogP contribution in [0.5, 0.6) is 11.5 Å². The second kappa shape index (κ2) is 7.09. The maximum atomic E-state index is 12.5. The van der Waals surface area contributed by atoms with Gasteiger partial charge in [0.15, 0.2) is 11.5 Å². The molecule has 27 heavy (non-hydrogen) atoms. The Morgan fingerprint density at radius 2 is 1.78 bits per heavy atom. The molecule has 0 spiro atoms. The van der Waals surface area contributed by atoms with Gasteiger partial charge in [-0.2, -0.15) is 0 Å². The van der Waals surface area contributed by atoms with E-state index in [0.29, 0.717) is 30.4 Å². The number of sulfonamides is 1. The Morgan fingerprint density at radius 3 is 2.56 bits per heavy atom. The normalized spacial score (nSPS) is 19.0. The number of anilines is 1. The minimum Gasteiger partial charge on any atom is -0.486 e. The van der Waals surface area contributed by atoms with E-state index in [1.807, 2.05) is 18.2 Å². The van der Waals surface area contributed by atoms with E-state index < -0.39 is 22.2 Å². The van der Waals surface area contributed by atoms with E-state index in [0.717, 1.165) is 0 Å². The minimum absolute atomic E-state index is 0.0220. The Hall–Kier alpha value is -2.78. The summed E-state index contributed by atoms with van der Waals surface area (Å²) >= 11 is 0. The molecule has 0 radical (unpaired) electrons. The molecule has 1 fully saturated rings. The molecule has 4 rings (SSSR count). The Balaban J connectivity index is 1.42. The molecule has 0 saturated carbocycles. The summed E-state index contributed by atoms with van der Waals surface area (Å²) in [5, 5.41) is 0. The number of ether oxygens (including phenoxy) is 3. The van der Waals surface area contributed by atoms with Crippen molar-refractivity contribution in [3.05, 3.63) is 48.5 Å². The molecule has 1 amide bonds. The summed E-state index contributed by atoms with van der Waals surface area (Å²) in [6, 6.07) is 13.5. The van der Waals surface area contributed by atoms with Gasteiger partial charge < -0.3 is 14.2 Å². The second-order valence-corrected chi connectivity index (χ2v) is 7.88. The zero-order valence-electron chi connectivity index (χ0n) is 14.3. The average molecular weight is 390 g/mol. The SMILES string of the molecule is O=C1O[C@@H](CNS(=O)(=O)c2ccc3c(c2)OCCO3)CN1c1ccccc1. The number of nitrogens with one attached hydrogen (secondary N) is 1. The summed E-state index contributed by atoms with van der Waals surface area (Å²) in [4.78, 5) is 13.6. The number of fused-ring (bicyclic) bond motifs is 1. The molecule has 0 aromatic heterocycles. The van der Waals surface area contributed by atoms with Crippen molar-refractivity contribution >= 4 is 21.8 Å². The van der Waals surface area contributed by atoms with Crippen LogP contribution in [0.25, 0.3) is 0 Å². The van der Waals surface area contributed by atoms with Gasteiger partial charge in [-0.25, -0.2) is 17.9 Å². The molecule has 0 bridgehead atoms. The van der Waals surface area contributed by atoms with Crippen LogP contribution in [-0.2, 0) is 14.8 Å². The van der Waals surface area contributed by atoms with Gasteiger partial charge in [-0.05, 0) is 24.3 Å². The van der Waals surface area contributed by atoms with Crippen molar-refractivity contribution in [2.45, 2.75) is 11.0 Å². The Labute approximate surface area is 156 Å². The largest absolute Gasteiger partial charge is 0.486 e. The van der Waals surface area contributed by atoms with Crippen molar-refractivity contribution in [1.29, 1.82) is 0 Å². The van der Waals surface area contributed by atoms with E-state index in [1.54, 1.807) is 18.2 Å². The number of cyclic esters (lactones) is 1. The highest BCUT2D eigenvalue weighted by Crippen LogP contribution is 2.32. The maximum absolute atomic E-state index is 12.5. The number of rotatable bonds is 5. The van der Waals surface area contributed by atoms with Crippen LogP contribution in [-0.4, -0.2) is 46.9 Å². The second-order valence-electron chi connectivity index (χ2n) is 6.11. The number of amides is 1. The van der Waals surface area contributed by atoms with Crippen LogP contribution < -0.4 is 19.1 Å². The van der Waals surface area contributed by atoms with Crippen LogP contribution >= 0.6 is 0 Å². The van der Waals surface area contributed by atoms with Crippen molar-refractivity contribution in [3.63, 3.8) is 0 Å². The molecule has 0 unspecified atom stereocenters. The van der Waals surface area contributed by atoms with Crippen LogP contribution in [0.4, 0.5) is 10.5 Å². The molecule has 0 aliphatic carbocycles. The number of benzene rings is 2. The first-order chi connectivity index (χ1) is 13.0. The first-order valence-electron chi connectivity index (χ1n) is 8.45.